The van der Waals surface area contributed by atoms with Crippen LogP contribution in [0, 0.1) is 5.92 Å². The third-order valence-electron chi connectivity index (χ3n) is 2.33. The quantitative estimate of drug-likeness (QED) is 0.469. The van der Waals surface area contributed by atoms with Crippen LogP contribution >= 0.6 is 11.6 Å². The Morgan fingerprint density at radius 2 is 1.93 bits per heavy atom. The van der Waals surface area contributed by atoms with Crippen molar-refractivity contribution in [3.05, 3.63) is 0 Å². The van der Waals surface area contributed by atoms with E-state index in [9.17, 15) is 8.42 Å². The van der Waals surface area contributed by atoms with Crippen molar-refractivity contribution >= 4 is 21.4 Å². The Bertz CT molecular complexity index is 239. The van der Waals surface area contributed by atoms with Gasteiger partial charge in [-0.1, -0.05) is 6.92 Å². The molecule has 0 bridgehead atoms. The molecule has 0 heterocycles. The molecule has 0 amide bonds. The van der Waals surface area contributed by atoms with Gasteiger partial charge in [-0.15, -0.1) is 11.6 Å². The molecule has 0 aromatic heterocycles. The summed E-state index contributed by atoms with van der Waals surface area (Å²) >= 11 is 5.58. The van der Waals surface area contributed by atoms with Gasteiger partial charge in [0.2, 0.25) is 0 Å². The normalized spacial score (nSPS) is 14.1. The molecule has 92 valence electrons. The maximum atomic E-state index is 11.5. The summed E-state index contributed by atoms with van der Waals surface area (Å²) in [5, 5.41) is 0. The van der Waals surface area contributed by atoms with Gasteiger partial charge in [0.05, 0.1) is 11.5 Å². The van der Waals surface area contributed by atoms with Gasteiger partial charge in [-0.2, -0.15) is 0 Å². The highest BCUT2D eigenvalue weighted by Gasteiger charge is 2.12. The molecular weight excluding hydrogens is 236 g/mol. The minimum absolute atomic E-state index is 0.231. The van der Waals surface area contributed by atoms with Crippen LogP contribution in [0.15, 0.2) is 0 Å². The first kappa shape index (κ1) is 15.2. The summed E-state index contributed by atoms with van der Waals surface area (Å²) < 4.78 is 27.9. The first-order valence-electron chi connectivity index (χ1n) is 5.27. The highest BCUT2D eigenvalue weighted by molar-refractivity contribution is 7.91. The lowest BCUT2D eigenvalue weighted by Crippen LogP contribution is -2.15. The fourth-order valence-corrected chi connectivity index (χ4v) is 3.13. The average Bonchev–Trinajstić information content (AvgIpc) is 2.16. The lowest BCUT2D eigenvalue weighted by Gasteiger charge is -2.09. The van der Waals surface area contributed by atoms with Crippen LogP contribution in [-0.2, 0) is 14.6 Å². The largest absolute Gasteiger partial charge is 0.385 e. The molecule has 1 unspecified atom stereocenters. The maximum Gasteiger partial charge on any atom is 0.150 e. The lowest BCUT2D eigenvalue weighted by atomic mass is 10.1. The molecule has 0 spiro atoms. The third-order valence-corrected chi connectivity index (χ3v) is 4.31. The maximum absolute atomic E-state index is 11.5. The van der Waals surface area contributed by atoms with Gasteiger partial charge in [0.15, 0.2) is 0 Å². The van der Waals surface area contributed by atoms with E-state index in [1.807, 2.05) is 6.92 Å². The fourth-order valence-electron chi connectivity index (χ4n) is 1.24. The Labute approximate surface area is 98.1 Å². The van der Waals surface area contributed by atoms with Crippen LogP contribution in [-0.4, -0.2) is 39.5 Å². The molecule has 0 aliphatic rings. The van der Waals surface area contributed by atoms with Crippen LogP contribution in [0.5, 0.6) is 0 Å². The van der Waals surface area contributed by atoms with E-state index in [1.54, 1.807) is 7.11 Å². The predicted octanol–water partition coefficient (Wildman–Crippen LogP) is 2.09. The second kappa shape index (κ2) is 8.36. The standard InChI is InChI=1S/C10H21ClO3S/c1-10(4-6-11)5-9-15(12,13)8-3-7-14-2/h10H,3-9H2,1-2H3. The molecule has 0 aromatic carbocycles. The number of alkyl halides is 1. The molecule has 0 radical (unpaired) electrons. The lowest BCUT2D eigenvalue weighted by molar-refractivity contribution is 0.199. The highest BCUT2D eigenvalue weighted by Crippen LogP contribution is 2.10. The van der Waals surface area contributed by atoms with E-state index in [-0.39, 0.29) is 11.5 Å². The molecule has 0 aromatic rings. The number of sulfone groups is 1. The van der Waals surface area contributed by atoms with Crippen molar-refractivity contribution in [2.75, 3.05) is 31.1 Å². The first-order valence-corrected chi connectivity index (χ1v) is 7.62. The van der Waals surface area contributed by atoms with Crippen LogP contribution in [0.4, 0.5) is 0 Å². The van der Waals surface area contributed by atoms with Crippen molar-refractivity contribution in [1.82, 2.24) is 0 Å². The first-order chi connectivity index (χ1) is 7.02. The summed E-state index contributed by atoms with van der Waals surface area (Å²) in [5.41, 5.74) is 0. The van der Waals surface area contributed by atoms with E-state index < -0.39 is 9.84 Å². The minimum Gasteiger partial charge on any atom is -0.385 e. The smallest absolute Gasteiger partial charge is 0.150 e. The van der Waals surface area contributed by atoms with Gasteiger partial charge in [-0.25, -0.2) is 8.42 Å². The summed E-state index contributed by atoms with van der Waals surface area (Å²) in [6.45, 7) is 2.55. The van der Waals surface area contributed by atoms with Gasteiger partial charge < -0.3 is 4.74 Å². The number of methoxy groups -OCH3 is 1. The Kier molecular flexibility index (Phi) is 8.47. The molecular formula is C10H21ClO3S. The molecule has 0 saturated heterocycles. The van der Waals surface area contributed by atoms with Crippen molar-refractivity contribution in [3.8, 4) is 0 Å². The van der Waals surface area contributed by atoms with Gasteiger partial charge in [-0.05, 0) is 25.2 Å². The monoisotopic (exact) mass is 256 g/mol. The molecule has 0 aliphatic heterocycles. The summed E-state index contributed by atoms with van der Waals surface area (Å²) in [6, 6.07) is 0. The van der Waals surface area contributed by atoms with Crippen molar-refractivity contribution in [3.63, 3.8) is 0 Å². The Morgan fingerprint density at radius 3 is 2.47 bits per heavy atom. The number of halogens is 1. The van der Waals surface area contributed by atoms with E-state index in [0.29, 0.717) is 31.2 Å². The van der Waals surface area contributed by atoms with E-state index >= 15 is 0 Å². The molecule has 0 N–H and O–H groups in total. The van der Waals surface area contributed by atoms with Crippen LogP contribution in [0.1, 0.15) is 26.2 Å². The molecule has 3 nitrogen and oxygen atoms in total. The van der Waals surface area contributed by atoms with Crippen molar-refractivity contribution in [2.24, 2.45) is 5.92 Å². The van der Waals surface area contributed by atoms with Crippen LogP contribution < -0.4 is 0 Å². The van der Waals surface area contributed by atoms with Gasteiger partial charge in [-0.3, -0.25) is 0 Å². The van der Waals surface area contributed by atoms with Gasteiger partial charge in [0, 0.05) is 19.6 Å². The molecule has 0 fully saturated rings. The van der Waals surface area contributed by atoms with Crippen molar-refractivity contribution in [2.45, 2.75) is 26.2 Å². The molecule has 0 aliphatic carbocycles. The third kappa shape index (κ3) is 9.15. The van der Waals surface area contributed by atoms with E-state index in [1.165, 1.54) is 0 Å². The molecule has 1 atom stereocenters. The summed E-state index contributed by atoms with van der Waals surface area (Å²) in [4.78, 5) is 0. The zero-order valence-electron chi connectivity index (χ0n) is 9.54. The van der Waals surface area contributed by atoms with Gasteiger partial charge in [0.1, 0.15) is 9.84 Å². The van der Waals surface area contributed by atoms with Gasteiger partial charge >= 0.3 is 0 Å². The number of rotatable bonds is 9. The molecule has 0 saturated carbocycles. The Hall–Kier alpha value is 0.200. The Morgan fingerprint density at radius 1 is 1.27 bits per heavy atom. The highest BCUT2D eigenvalue weighted by atomic mass is 35.5. The number of hydrogen-bond acceptors (Lipinski definition) is 3. The second-order valence-electron chi connectivity index (χ2n) is 3.87. The second-order valence-corrected chi connectivity index (χ2v) is 6.55. The fraction of sp³-hybridized carbons (Fsp3) is 1.00. The minimum atomic E-state index is -2.89. The Balaban J connectivity index is 3.73. The summed E-state index contributed by atoms with van der Waals surface area (Å²) in [5.74, 6) is 1.49. The molecule has 5 heteroatoms. The van der Waals surface area contributed by atoms with E-state index in [4.69, 9.17) is 16.3 Å². The summed E-state index contributed by atoms with van der Waals surface area (Å²) in [7, 11) is -1.31. The zero-order chi connectivity index (χ0) is 11.7. The summed E-state index contributed by atoms with van der Waals surface area (Å²) in [6.07, 6.45) is 2.18. The van der Waals surface area contributed by atoms with Crippen LogP contribution in [0.3, 0.4) is 0 Å². The van der Waals surface area contributed by atoms with Crippen molar-refractivity contribution in [1.29, 1.82) is 0 Å². The van der Waals surface area contributed by atoms with E-state index in [2.05, 4.69) is 0 Å². The average molecular weight is 257 g/mol. The predicted molar refractivity (Wildman–Crippen MR) is 64.3 cm³/mol. The SMILES string of the molecule is COCCCS(=O)(=O)CCC(C)CCCl. The van der Waals surface area contributed by atoms with Crippen molar-refractivity contribution < 1.29 is 13.2 Å². The van der Waals surface area contributed by atoms with Crippen LogP contribution in [0.25, 0.3) is 0 Å². The topological polar surface area (TPSA) is 43.4 Å². The molecule has 0 rings (SSSR count). The molecule has 15 heavy (non-hydrogen) atoms. The zero-order valence-corrected chi connectivity index (χ0v) is 11.1. The number of hydrogen-bond donors (Lipinski definition) is 0. The van der Waals surface area contributed by atoms with E-state index in [0.717, 1.165) is 6.42 Å². The van der Waals surface area contributed by atoms with Crippen LogP contribution in [0.2, 0.25) is 0 Å². The van der Waals surface area contributed by atoms with Gasteiger partial charge in [0.25, 0.3) is 0 Å². The number of ether oxygens (including phenoxy) is 1.